The number of carbonyl (C=O) groups excluding carboxylic acids is 1. The molecule has 2 N–H and O–H groups in total. The minimum absolute atomic E-state index is 0.0752. The fourth-order valence-corrected chi connectivity index (χ4v) is 3.27. The van der Waals surface area contributed by atoms with Crippen LogP contribution in [0.2, 0.25) is 0 Å². The summed E-state index contributed by atoms with van der Waals surface area (Å²) in [7, 11) is -3.77. The number of sulfonamides is 1. The number of halogens is 1. The van der Waals surface area contributed by atoms with Crippen molar-refractivity contribution >= 4 is 15.9 Å². The Bertz CT molecular complexity index is 821. The third kappa shape index (κ3) is 4.39. The zero-order valence-corrected chi connectivity index (χ0v) is 14.2. The van der Waals surface area contributed by atoms with Crippen molar-refractivity contribution < 1.29 is 17.6 Å². The number of rotatable bonds is 6. The van der Waals surface area contributed by atoms with Gasteiger partial charge in [-0.2, -0.15) is 0 Å². The average molecular weight is 350 g/mol. The van der Waals surface area contributed by atoms with E-state index < -0.39 is 33.8 Å². The molecular formula is C17H19FN2O3S. The Morgan fingerprint density at radius 2 is 1.62 bits per heavy atom. The van der Waals surface area contributed by atoms with Gasteiger partial charge in [-0.3, -0.25) is 4.79 Å². The predicted molar refractivity (Wildman–Crippen MR) is 89.2 cm³/mol. The highest BCUT2D eigenvalue weighted by Crippen LogP contribution is 2.22. The van der Waals surface area contributed by atoms with E-state index in [1.165, 1.54) is 18.2 Å². The summed E-state index contributed by atoms with van der Waals surface area (Å²) < 4.78 is 40.2. The third-order valence-electron chi connectivity index (χ3n) is 3.48. The topological polar surface area (TPSA) is 75.3 Å². The van der Waals surface area contributed by atoms with Gasteiger partial charge in [0.1, 0.15) is 5.82 Å². The van der Waals surface area contributed by atoms with Gasteiger partial charge in [-0.25, -0.2) is 17.5 Å². The molecule has 0 atom stereocenters. The molecule has 0 unspecified atom stereocenters. The summed E-state index contributed by atoms with van der Waals surface area (Å²) >= 11 is 0. The van der Waals surface area contributed by atoms with Crippen LogP contribution in [-0.2, 0) is 20.4 Å². The van der Waals surface area contributed by atoms with E-state index in [0.717, 1.165) is 0 Å². The number of hydrogen-bond donors (Lipinski definition) is 2. The van der Waals surface area contributed by atoms with Crippen LogP contribution >= 0.6 is 0 Å². The summed E-state index contributed by atoms with van der Waals surface area (Å²) in [4.78, 5) is 12.1. The fourth-order valence-electron chi connectivity index (χ4n) is 2.27. The number of amides is 1. The van der Waals surface area contributed by atoms with Gasteiger partial charge in [0.2, 0.25) is 15.9 Å². The van der Waals surface area contributed by atoms with Crippen molar-refractivity contribution in [3.8, 4) is 0 Å². The lowest BCUT2D eigenvalue weighted by atomic mass is 9.93. The standard InChI is InChI=1S/C17H19FN2O3S/c1-17(2,14-10-6-7-11-15(14)18)20-16(21)12-19-24(22,23)13-8-4-3-5-9-13/h3-11,19H,12H2,1-2H3,(H,20,21). The van der Waals surface area contributed by atoms with Crippen molar-refractivity contribution in [2.75, 3.05) is 6.54 Å². The van der Waals surface area contributed by atoms with Gasteiger partial charge in [0, 0.05) is 5.56 Å². The lowest BCUT2D eigenvalue weighted by molar-refractivity contribution is -0.121. The molecule has 0 spiro atoms. The maximum absolute atomic E-state index is 13.9. The highest BCUT2D eigenvalue weighted by atomic mass is 32.2. The van der Waals surface area contributed by atoms with Crippen molar-refractivity contribution in [3.63, 3.8) is 0 Å². The summed E-state index contributed by atoms with van der Waals surface area (Å²) in [6.07, 6.45) is 0. The molecule has 0 aliphatic rings. The van der Waals surface area contributed by atoms with Crippen molar-refractivity contribution in [3.05, 3.63) is 66.0 Å². The predicted octanol–water partition coefficient (Wildman–Crippen LogP) is 2.16. The van der Waals surface area contributed by atoms with Crippen LogP contribution in [0, 0.1) is 5.82 Å². The van der Waals surface area contributed by atoms with Crippen LogP contribution in [0.4, 0.5) is 4.39 Å². The molecule has 2 aromatic carbocycles. The summed E-state index contributed by atoms with van der Waals surface area (Å²) in [6.45, 7) is 2.86. The quantitative estimate of drug-likeness (QED) is 0.838. The molecule has 0 heterocycles. The van der Waals surface area contributed by atoms with Crippen LogP contribution in [0.3, 0.4) is 0 Å². The molecule has 0 saturated heterocycles. The summed E-state index contributed by atoms with van der Waals surface area (Å²) in [5.74, 6) is -0.990. The summed E-state index contributed by atoms with van der Waals surface area (Å²) in [6, 6.07) is 13.9. The van der Waals surface area contributed by atoms with Gasteiger partial charge < -0.3 is 5.32 Å². The van der Waals surface area contributed by atoms with Gasteiger partial charge in [0.25, 0.3) is 0 Å². The molecule has 24 heavy (non-hydrogen) atoms. The van der Waals surface area contributed by atoms with E-state index in [1.807, 2.05) is 0 Å². The van der Waals surface area contributed by atoms with Gasteiger partial charge in [-0.1, -0.05) is 36.4 Å². The Morgan fingerprint density at radius 3 is 2.25 bits per heavy atom. The summed E-state index contributed by atoms with van der Waals surface area (Å²) in [5.41, 5.74) is -0.648. The Labute approximate surface area is 141 Å². The second-order valence-electron chi connectivity index (χ2n) is 5.79. The number of nitrogens with one attached hydrogen (secondary N) is 2. The first kappa shape index (κ1) is 18.1. The Balaban J connectivity index is 2.02. The molecule has 0 saturated carbocycles. The van der Waals surface area contributed by atoms with Crippen LogP contribution in [0.25, 0.3) is 0 Å². The molecule has 0 aliphatic carbocycles. The Kier molecular flexibility index (Phi) is 5.36. The maximum atomic E-state index is 13.9. The lowest BCUT2D eigenvalue weighted by Crippen LogP contribution is -2.46. The van der Waals surface area contributed by atoms with E-state index in [0.29, 0.717) is 5.56 Å². The van der Waals surface area contributed by atoms with Crippen molar-refractivity contribution in [1.29, 1.82) is 0 Å². The zero-order valence-electron chi connectivity index (χ0n) is 13.4. The molecule has 2 rings (SSSR count). The van der Waals surface area contributed by atoms with Crippen LogP contribution in [-0.4, -0.2) is 20.9 Å². The molecule has 128 valence electrons. The lowest BCUT2D eigenvalue weighted by Gasteiger charge is -2.27. The van der Waals surface area contributed by atoms with E-state index >= 15 is 0 Å². The summed E-state index contributed by atoms with van der Waals surface area (Å²) in [5, 5.41) is 2.63. The van der Waals surface area contributed by atoms with E-state index in [1.54, 1.807) is 50.2 Å². The largest absolute Gasteiger partial charge is 0.346 e. The van der Waals surface area contributed by atoms with Gasteiger partial charge in [0.15, 0.2) is 0 Å². The van der Waals surface area contributed by atoms with Crippen LogP contribution < -0.4 is 10.0 Å². The number of hydrogen-bond acceptors (Lipinski definition) is 3. The highest BCUT2D eigenvalue weighted by molar-refractivity contribution is 7.89. The molecule has 0 aromatic heterocycles. The molecular weight excluding hydrogens is 331 g/mol. The molecule has 2 aromatic rings. The SMILES string of the molecule is CC(C)(NC(=O)CNS(=O)(=O)c1ccccc1)c1ccccc1F. The zero-order chi connectivity index (χ0) is 17.8. The van der Waals surface area contributed by atoms with E-state index in [9.17, 15) is 17.6 Å². The Hall–Kier alpha value is -2.25. The molecule has 0 aliphatic heterocycles. The maximum Gasteiger partial charge on any atom is 0.241 e. The minimum atomic E-state index is -3.77. The minimum Gasteiger partial charge on any atom is -0.346 e. The molecule has 0 fully saturated rings. The monoisotopic (exact) mass is 350 g/mol. The van der Waals surface area contributed by atoms with E-state index in [4.69, 9.17) is 0 Å². The number of benzene rings is 2. The van der Waals surface area contributed by atoms with E-state index in [2.05, 4.69) is 10.0 Å². The normalized spacial score (nSPS) is 12.0. The molecule has 5 nitrogen and oxygen atoms in total. The molecule has 0 bridgehead atoms. The van der Waals surface area contributed by atoms with Crippen LogP contribution in [0.5, 0.6) is 0 Å². The Morgan fingerprint density at radius 1 is 1.04 bits per heavy atom. The van der Waals surface area contributed by atoms with Gasteiger partial charge in [0.05, 0.1) is 17.0 Å². The highest BCUT2D eigenvalue weighted by Gasteiger charge is 2.26. The van der Waals surface area contributed by atoms with Gasteiger partial charge in [-0.15, -0.1) is 0 Å². The first-order chi connectivity index (χ1) is 11.2. The molecule has 7 heteroatoms. The molecule has 0 radical (unpaired) electrons. The van der Waals surface area contributed by atoms with Crippen molar-refractivity contribution in [2.24, 2.45) is 0 Å². The van der Waals surface area contributed by atoms with Crippen molar-refractivity contribution in [2.45, 2.75) is 24.3 Å². The second kappa shape index (κ2) is 7.11. The smallest absolute Gasteiger partial charge is 0.241 e. The van der Waals surface area contributed by atoms with E-state index in [-0.39, 0.29) is 4.90 Å². The van der Waals surface area contributed by atoms with Crippen molar-refractivity contribution in [1.82, 2.24) is 10.0 Å². The third-order valence-corrected chi connectivity index (χ3v) is 4.89. The van der Waals surface area contributed by atoms with Gasteiger partial charge in [-0.05, 0) is 32.0 Å². The molecule has 1 amide bonds. The average Bonchev–Trinajstić information content (AvgIpc) is 2.54. The fraction of sp³-hybridized carbons (Fsp3) is 0.235. The first-order valence-electron chi connectivity index (χ1n) is 7.33. The number of carbonyl (C=O) groups is 1. The first-order valence-corrected chi connectivity index (χ1v) is 8.81. The van der Waals surface area contributed by atoms with Crippen LogP contribution in [0.1, 0.15) is 19.4 Å². The van der Waals surface area contributed by atoms with Gasteiger partial charge >= 0.3 is 0 Å². The van der Waals surface area contributed by atoms with Crippen LogP contribution in [0.15, 0.2) is 59.5 Å². The second-order valence-corrected chi connectivity index (χ2v) is 7.56.